The second-order valence-electron chi connectivity index (χ2n) is 8.54. The Hall–Kier alpha value is -3.66. The number of thiophene rings is 1. The molecular formula is C26H28N6O4S2. The van der Waals surface area contributed by atoms with Gasteiger partial charge in [0.05, 0.1) is 25.0 Å². The number of carbonyl (C=O) groups excluding carboxylic acids is 2. The first kappa shape index (κ1) is 27.4. The van der Waals surface area contributed by atoms with Crippen LogP contribution in [0.1, 0.15) is 51.1 Å². The maximum Gasteiger partial charge on any atom is 0.251 e. The molecule has 1 aliphatic rings. The predicted octanol–water partition coefficient (Wildman–Crippen LogP) is 3.48. The van der Waals surface area contributed by atoms with Crippen molar-refractivity contribution in [2.45, 2.75) is 43.4 Å². The summed E-state index contributed by atoms with van der Waals surface area (Å²) in [5.41, 5.74) is 2.03. The van der Waals surface area contributed by atoms with Gasteiger partial charge in [-0.1, -0.05) is 17.8 Å². The number of aryl methyl sites for hydroxylation is 1. The van der Waals surface area contributed by atoms with E-state index < -0.39 is 12.6 Å². The number of allylic oxidation sites excluding steroid dienone is 1. The van der Waals surface area contributed by atoms with E-state index in [0.29, 0.717) is 39.4 Å². The van der Waals surface area contributed by atoms with E-state index in [9.17, 15) is 20.0 Å². The van der Waals surface area contributed by atoms with Gasteiger partial charge in [0.25, 0.3) is 5.91 Å². The first-order chi connectivity index (χ1) is 18.5. The summed E-state index contributed by atoms with van der Waals surface area (Å²) in [6.45, 7) is 3.69. The van der Waals surface area contributed by atoms with Crippen LogP contribution < -0.4 is 15.4 Å². The molecule has 10 nitrogen and oxygen atoms in total. The lowest BCUT2D eigenvalue weighted by atomic mass is 9.96. The highest BCUT2D eigenvalue weighted by molar-refractivity contribution is 7.99. The second-order valence-corrected chi connectivity index (χ2v) is 10.6. The van der Waals surface area contributed by atoms with E-state index in [1.165, 1.54) is 28.0 Å². The lowest BCUT2D eigenvalue weighted by Gasteiger charge is -2.17. The summed E-state index contributed by atoms with van der Waals surface area (Å²) < 4.78 is 6.82. The molecule has 1 aromatic carbocycles. The summed E-state index contributed by atoms with van der Waals surface area (Å²) in [4.78, 5) is 26.7. The van der Waals surface area contributed by atoms with Gasteiger partial charge in [0.15, 0.2) is 11.0 Å². The molecule has 38 heavy (non-hydrogen) atoms. The molecular weight excluding hydrogens is 524 g/mol. The van der Waals surface area contributed by atoms with Gasteiger partial charge in [0.1, 0.15) is 22.9 Å². The molecule has 1 atom stereocenters. The fourth-order valence-electron chi connectivity index (χ4n) is 4.21. The number of thioether (sulfide) groups is 1. The average Bonchev–Trinajstić information content (AvgIpc) is 3.50. The van der Waals surface area contributed by atoms with Crippen LogP contribution in [-0.4, -0.2) is 51.2 Å². The molecule has 198 valence electrons. The standard InChI is InChI=1S/C26H28N6O4S2/c1-3-12-32-23(20(14-33)28-24(35)16-8-10-17(36-2)11-9-16)30-31-26(32)37-15-22(34)29-25-19(13-27)18-6-4-5-7-21(18)38-25/h3,8-11,20,33H,1,4-7,12,14-15H2,2H3,(H,28,35)(H,29,34)/t20-/m1/s1. The summed E-state index contributed by atoms with van der Waals surface area (Å²) in [6.07, 6.45) is 5.60. The van der Waals surface area contributed by atoms with Crippen molar-refractivity contribution in [1.82, 2.24) is 20.1 Å². The number of hydrogen-bond acceptors (Lipinski definition) is 9. The number of fused-ring (bicyclic) bond motifs is 1. The number of aliphatic hydroxyl groups excluding tert-OH is 1. The third-order valence-electron chi connectivity index (χ3n) is 6.08. The average molecular weight is 553 g/mol. The lowest BCUT2D eigenvalue weighted by molar-refractivity contribution is -0.113. The molecule has 2 heterocycles. The first-order valence-corrected chi connectivity index (χ1v) is 13.9. The zero-order chi connectivity index (χ0) is 27.1. The molecule has 0 aliphatic heterocycles. The van der Waals surface area contributed by atoms with E-state index in [-0.39, 0.29) is 17.6 Å². The van der Waals surface area contributed by atoms with Crippen molar-refractivity contribution in [2.24, 2.45) is 0 Å². The maximum absolute atomic E-state index is 12.8. The van der Waals surface area contributed by atoms with Crippen LogP contribution in [0.3, 0.4) is 0 Å². The second kappa shape index (κ2) is 12.7. The molecule has 2 aromatic heterocycles. The molecule has 0 saturated carbocycles. The van der Waals surface area contributed by atoms with Crippen LogP contribution in [0.5, 0.6) is 5.75 Å². The smallest absolute Gasteiger partial charge is 0.251 e. The van der Waals surface area contributed by atoms with Crippen LogP contribution in [0.25, 0.3) is 0 Å². The first-order valence-electron chi connectivity index (χ1n) is 12.1. The van der Waals surface area contributed by atoms with Crippen molar-refractivity contribution in [3.05, 3.63) is 64.3 Å². The van der Waals surface area contributed by atoms with Crippen molar-refractivity contribution in [2.75, 3.05) is 24.8 Å². The van der Waals surface area contributed by atoms with Crippen LogP contribution in [0.4, 0.5) is 5.00 Å². The molecule has 0 radical (unpaired) electrons. The number of aliphatic hydroxyl groups is 1. The predicted molar refractivity (Wildman–Crippen MR) is 146 cm³/mol. The number of methoxy groups -OCH3 is 1. The molecule has 3 aromatic rings. The molecule has 3 N–H and O–H groups in total. The SMILES string of the molecule is C=CCn1c(SCC(=O)Nc2sc3c(c2C#N)CCCC3)nnc1[C@@H](CO)NC(=O)c1ccc(OC)cc1. The van der Waals surface area contributed by atoms with Crippen LogP contribution in [-0.2, 0) is 24.2 Å². The molecule has 12 heteroatoms. The number of aromatic nitrogens is 3. The Morgan fingerprint density at radius 2 is 2.08 bits per heavy atom. The van der Waals surface area contributed by atoms with E-state index in [4.69, 9.17) is 4.74 Å². The van der Waals surface area contributed by atoms with Crippen LogP contribution in [0, 0.1) is 11.3 Å². The summed E-state index contributed by atoms with van der Waals surface area (Å²) in [7, 11) is 1.54. The van der Waals surface area contributed by atoms with Gasteiger partial charge in [-0.25, -0.2) is 0 Å². The summed E-state index contributed by atoms with van der Waals surface area (Å²) in [5, 5.41) is 34.7. The van der Waals surface area contributed by atoms with Crippen LogP contribution in [0.15, 0.2) is 42.1 Å². The third-order valence-corrected chi connectivity index (χ3v) is 8.25. The van der Waals surface area contributed by atoms with Gasteiger partial charge in [-0.05, 0) is 55.5 Å². The Kier molecular flexibility index (Phi) is 9.17. The van der Waals surface area contributed by atoms with Crippen molar-refractivity contribution >= 4 is 39.9 Å². The minimum absolute atomic E-state index is 0.0463. The molecule has 0 unspecified atom stereocenters. The van der Waals surface area contributed by atoms with E-state index in [2.05, 4.69) is 33.5 Å². The largest absolute Gasteiger partial charge is 0.497 e. The highest BCUT2D eigenvalue weighted by Gasteiger charge is 2.25. The number of amides is 2. The van der Waals surface area contributed by atoms with Gasteiger partial charge < -0.3 is 25.0 Å². The number of nitrogens with one attached hydrogen (secondary N) is 2. The Morgan fingerprint density at radius 1 is 1.32 bits per heavy atom. The van der Waals surface area contributed by atoms with Gasteiger partial charge in [0.2, 0.25) is 5.91 Å². The van der Waals surface area contributed by atoms with Crippen LogP contribution >= 0.6 is 23.1 Å². The number of benzene rings is 1. The summed E-state index contributed by atoms with van der Waals surface area (Å²) >= 11 is 2.65. The highest BCUT2D eigenvalue weighted by atomic mass is 32.2. The zero-order valence-electron chi connectivity index (χ0n) is 20.9. The number of rotatable bonds is 11. The fraction of sp³-hybridized carbons (Fsp3) is 0.346. The van der Waals surface area contributed by atoms with Gasteiger partial charge >= 0.3 is 0 Å². The number of anilines is 1. The third kappa shape index (κ3) is 6.07. The maximum atomic E-state index is 12.8. The van der Waals surface area contributed by atoms with E-state index in [1.54, 1.807) is 42.0 Å². The number of hydrogen-bond donors (Lipinski definition) is 3. The minimum Gasteiger partial charge on any atom is -0.497 e. The molecule has 0 bridgehead atoms. The zero-order valence-corrected chi connectivity index (χ0v) is 22.5. The molecule has 0 saturated heterocycles. The molecule has 0 spiro atoms. The van der Waals surface area contributed by atoms with Crippen molar-refractivity contribution in [3.8, 4) is 11.8 Å². The Bertz CT molecular complexity index is 1360. The van der Waals surface area contributed by atoms with E-state index in [1.807, 2.05) is 0 Å². The Morgan fingerprint density at radius 3 is 2.76 bits per heavy atom. The van der Waals surface area contributed by atoms with Gasteiger partial charge in [0, 0.05) is 17.0 Å². The number of nitriles is 1. The van der Waals surface area contributed by atoms with Gasteiger partial charge in [-0.3, -0.25) is 9.59 Å². The highest BCUT2D eigenvalue weighted by Crippen LogP contribution is 2.37. The van der Waals surface area contributed by atoms with Crippen molar-refractivity contribution in [1.29, 1.82) is 5.26 Å². The number of carbonyl (C=O) groups is 2. The van der Waals surface area contributed by atoms with Crippen molar-refractivity contribution < 1.29 is 19.4 Å². The molecule has 0 fully saturated rings. The lowest BCUT2D eigenvalue weighted by Crippen LogP contribution is -2.33. The quantitative estimate of drug-likeness (QED) is 0.242. The van der Waals surface area contributed by atoms with E-state index >= 15 is 0 Å². The minimum atomic E-state index is -0.823. The van der Waals surface area contributed by atoms with Crippen molar-refractivity contribution in [3.63, 3.8) is 0 Å². The van der Waals surface area contributed by atoms with Gasteiger partial charge in [-0.2, -0.15) is 5.26 Å². The Balaban J connectivity index is 1.44. The number of ether oxygens (including phenoxy) is 1. The van der Waals surface area contributed by atoms with Gasteiger partial charge in [-0.15, -0.1) is 28.1 Å². The van der Waals surface area contributed by atoms with Crippen LogP contribution in [0.2, 0.25) is 0 Å². The Labute approximate surface area is 228 Å². The topological polar surface area (TPSA) is 142 Å². The molecule has 2 amide bonds. The molecule has 1 aliphatic carbocycles. The fourth-order valence-corrected chi connectivity index (χ4v) is 6.22. The number of nitrogens with zero attached hydrogens (tertiary/aromatic N) is 4. The summed E-state index contributed by atoms with van der Waals surface area (Å²) in [5.74, 6) is 0.367. The van der Waals surface area contributed by atoms with E-state index in [0.717, 1.165) is 31.2 Å². The normalized spacial score (nSPS) is 13.2. The monoisotopic (exact) mass is 552 g/mol. The molecule has 4 rings (SSSR count). The summed E-state index contributed by atoms with van der Waals surface area (Å²) in [6, 6.07) is 8.02.